The normalized spacial score (nSPS) is 10.9. The van der Waals surface area contributed by atoms with Crippen LogP contribution in [-0.2, 0) is 0 Å². The second-order valence-electron chi connectivity index (χ2n) is 6.56. The van der Waals surface area contributed by atoms with Gasteiger partial charge in [-0.25, -0.2) is 0 Å². The Morgan fingerprint density at radius 2 is 1.83 bits per heavy atom. The van der Waals surface area contributed by atoms with Crippen LogP contribution in [0.5, 0.6) is 0 Å². The average Bonchev–Trinajstić information content (AvgIpc) is 3.14. The number of aryl methyl sites for hydroxylation is 1. The number of thiophene rings is 1. The number of fused-ring (bicyclic) bond motifs is 1. The molecule has 3 aromatic rings. The van der Waals surface area contributed by atoms with Gasteiger partial charge in [-0.1, -0.05) is 93.1 Å². The highest BCUT2D eigenvalue weighted by atomic mass is 32.1. The van der Waals surface area contributed by atoms with Gasteiger partial charge in [0.05, 0.1) is 0 Å². The highest BCUT2D eigenvalue weighted by molar-refractivity contribution is 7.21. The maximum atomic E-state index is 4.26. The molecule has 0 bridgehead atoms. The highest BCUT2D eigenvalue weighted by Crippen LogP contribution is 2.43. The average molecular weight is 411 g/mol. The van der Waals surface area contributed by atoms with Crippen molar-refractivity contribution >= 4 is 33.1 Å². The van der Waals surface area contributed by atoms with E-state index in [1.165, 1.54) is 37.2 Å². The van der Waals surface area contributed by atoms with E-state index in [0.29, 0.717) is 0 Å². The molecule has 0 nitrogen and oxygen atoms in total. The predicted octanol–water partition coefficient (Wildman–Crippen LogP) is 9.08. The minimum atomic E-state index is 0.956. The summed E-state index contributed by atoms with van der Waals surface area (Å²) in [5.74, 6) is 5.85. The Kier molecular flexibility index (Phi) is 8.66. The molecule has 0 radical (unpaired) electrons. The molecule has 2 aromatic carbocycles. The first kappa shape index (κ1) is 23.2. The number of benzene rings is 2. The number of allylic oxidation sites excluding steroid dienone is 5. The van der Waals surface area contributed by atoms with Crippen LogP contribution in [0.3, 0.4) is 0 Å². The van der Waals surface area contributed by atoms with Crippen LogP contribution < -0.4 is 0 Å². The molecule has 0 aliphatic heterocycles. The molecular formula is C29H30S. The van der Waals surface area contributed by atoms with Gasteiger partial charge >= 0.3 is 0 Å². The molecule has 0 aliphatic rings. The molecule has 0 saturated heterocycles. The monoisotopic (exact) mass is 410 g/mol. The third-order valence-corrected chi connectivity index (χ3v) is 5.97. The van der Waals surface area contributed by atoms with Crippen molar-refractivity contribution in [1.29, 1.82) is 0 Å². The molecule has 0 N–H and O–H groups in total. The topological polar surface area (TPSA) is 0 Å². The molecule has 0 unspecified atom stereocenters. The van der Waals surface area contributed by atoms with Gasteiger partial charge in [0, 0.05) is 20.5 Å². The summed E-state index contributed by atoms with van der Waals surface area (Å²) in [4.78, 5) is 1.20. The van der Waals surface area contributed by atoms with Gasteiger partial charge < -0.3 is 0 Å². The van der Waals surface area contributed by atoms with Gasteiger partial charge in [-0.15, -0.1) is 17.3 Å². The molecule has 1 heterocycles. The van der Waals surface area contributed by atoms with Crippen LogP contribution in [-0.4, -0.2) is 0 Å². The van der Waals surface area contributed by atoms with E-state index in [2.05, 4.69) is 87.4 Å². The highest BCUT2D eigenvalue weighted by Gasteiger charge is 2.17. The quantitative estimate of drug-likeness (QED) is 0.290. The maximum Gasteiger partial charge on any atom is 0.0434 e. The van der Waals surface area contributed by atoms with Gasteiger partial charge in [-0.3, -0.25) is 0 Å². The van der Waals surface area contributed by atoms with Crippen molar-refractivity contribution in [1.82, 2.24) is 0 Å². The molecule has 0 aliphatic carbocycles. The molecule has 0 fully saturated rings. The minimum Gasteiger partial charge on any atom is -0.134 e. The second-order valence-corrected chi connectivity index (χ2v) is 7.58. The van der Waals surface area contributed by atoms with E-state index in [9.17, 15) is 0 Å². The lowest BCUT2D eigenvalue weighted by atomic mass is 9.97. The smallest absolute Gasteiger partial charge is 0.0434 e. The van der Waals surface area contributed by atoms with Crippen LogP contribution in [0.2, 0.25) is 0 Å². The van der Waals surface area contributed by atoms with Crippen LogP contribution in [0, 0.1) is 18.8 Å². The molecule has 0 spiro atoms. The largest absolute Gasteiger partial charge is 0.134 e. The number of hydrogen-bond acceptors (Lipinski definition) is 1. The zero-order chi connectivity index (χ0) is 22.1. The Balaban J connectivity index is 0.00000155. The van der Waals surface area contributed by atoms with Gasteiger partial charge in [0.1, 0.15) is 0 Å². The van der Waals surface area contributed by atoms with Crippen molar-refractivity contribution in [3.63, 3.8) is 0 Å². The van der Waals surface area contributed by atoms with Crippen molar-refractivity contribution in [3.05, 3.63) is 95.4 Å². The molecule has 1 heteroatoms. The Hall–Kier alpha value is -3.08. The van der Waals surface area contributed by atoms with E-state index in [1.807, 2.05) is 39.0 Å². The summed E-state index contributed by atoms with van der Waals surface area (Å²) < 4.78 is 1.28. The number of rotatable bonds is 5. The molecular weight excluding hydrogens is 380 g/mol. The van der Waals surface area contributed by atoms with E-state index in [4.69, 9.17) is 0 Å². The third-order valence-electron chi connectivity index (χ3n) is 4.68. The van der Waals surface area contributed by atoms with Gasteiger partial charge in [-0.2, -0.15) is 0 Å². The van der Waals surface area contributed by atoms with Crippen LogP contribution in [0.25, 0.3) is 32.9 Å². The zero-order valence-electron chi connectivity index (χ0n) is 18.7. The van der Waals surface area contributed by atoms with E-state index >= 15 is 0 Å². The lowest BCUT2D eigenvalue weighted by Crippen LogP contribution is -1.85. The maximum absolute atomic E-state index is 4.26. The predicted molar refractivity (Wildman–Crippen MR) is 139 cm³/mol. The Morgan fingerprint density at radius 3 is 2.47 bits per heavy atom. The second kappa shape index (κ2) is 11.2. The molecule has 3 rings (SSSR count). The van der Waals surface area contributed by atoms with E-state index in [0.717, 1.165) is 11.1 Å². The van der Waals surface area contributed by atoms with Gasteiger partial charge in [0.2, 0.25) is 0 Å². The van der Waals surface area contributed by atoms with Crippen molar-refractivity contribution in [2.75, 3.05) is 0 Å². The van der Waals surface area contributed by atoms with Gasteiger partial charge in [0.15, 0.2) is 0 Å². The van der Waals surface area contributed by atoms with Crippen LogP contribution in [0.4, 0.5) is 0 Å². The van der Waals surface area contributed by atoms with Crippen molar-refractivity contribution in [2.45, 2.75) is 34.6 Å². The van der Waals surface area contributed by atoms with Crippen LogP contribution in [0.15, 0.2) is 79.4 Å². The molecule has 30 heavy (non-hydrogen) atoms. The molecule has 0 saturated carbocycles. The fourth-order valence-corrected chi connectivity index (χ4v) is 4.81. The fourth-order valence-electron chi connectivity index (χ4n) is 3.36. The third kappa shape index (κ3) is 4.90. The standard InChI is InChI=1S/C27H24S.C2H6/c1-6-9-10-14-20(5)22(7-2)26-23(8-3)25-17-12-16-24(27(25)28-26)21-15-11-13-19(4)18-21;1-2/h7-8,10-18H,3,5H2,1-2,4H3;1-2H3/b14-10-,22-7-;. The minimum absolute atomic E-state index is 0.956. The summed E-state index contributed by atoms with van der Waals surface area (Å²) in [6.45, 7) is 18.4. The van der Waals surface area contributed by atoms with Gasteiger partial charge in [-0.05, 0) is 55.2 Å². The summed E-state index contributed by atoms with van der Waals surface area (Å²) >= 11 is 1.81. The first-order valence-corrected chi connectivity index (χ1v) is 11.1. The lowest BCUT2D eigenvalue weighted by molar-refractivity contribution is 1.47. The first-order chi connectivity index (χ1) is 14.6. The van der Waals surface area contributed by atoms with Crippen molar-refractivity contribution in [3.8, 4) is 23.0 Å². The Morgan fingerprint density at radius 1 is 1.10 bits per heavy atom. The van der Waals surface area contributed by atoms with E-state index < -0.39 is 0 Å². The summed E-state index contributed by atoms with van der Waals surface area (Å²) in [5.41, 5.74) is 7.01. The first-order valence-electron chi connectivity index (χ1n) is 10.3. The lowest BCUT2D eigenvalue weighted by Gasteiger charge is -2.06. The zero-order valence-corrected chi connectivity index (χ0v) is 19.5. The Bertz CT molecular complexity index is 1170. The summed E-state index contributed by atoms with van der Waals surface area (Å²) in [5, 5.41) is 1.23. The molecule has 1 aromatic heterocycles. The SMILES string of the molecule is C=Cc1c(/C(=C\C)C(=C)/C=C\C#CC)sc2c(-c3cccc(C)c3)cccc12.CC. The summed E-state index contributed by atoms with van der Waals surface area (Å²) in [7, 11) is 0. The number of hydrogen-bond donors (Lipinski definition) is 0. The van der Waals surface area contributed by atoms with Crippen molar-refractivity contribution in [2.24, 2.45) is 0 Å². The van der Waals surface area contributed by atoms with Crippen LogP contribution in [0.1, 0.15) is 43.7 Å². The van der Waals surface area contributed by atoms with Crippen LogP contribution >= 0.6 is 11.3 Å². The fraction of sp³-hybridized carbons (Fsp3) is 0.172. The van der Waals surface area contributed by atoms with Gasteiger partial charge in [0.25, 0.3) is 0 Å². The van der Waals surface area contributed by atoms with E-state index in [1.54, 1.807) is 11.3 Å². The summed E-state index contributed by atoms with van der Waals surface area (Å²) in [6.07, 6.45) is 7.91. The van der Waals surface area contributed by atoms with Crippen molar-refractivity contribution < 1.29 is 0 Å². The molecule has 152 valence electrons. The van der Waals surface area contributed by atoms with E-state index in [-0.39, 0.29) is 0 Å². The molecule has 0 amide bonds. The Labute approximate surface area is 186 Å². The molecule has 0 atom stereocenters. The summed E-state index contributed by atoms with van der Waals surface area (Å²) in [6, 6.07) is 15.2.